The molecule has 96 valence electrons. The molecular weight excluding hydrogens is 232 g/mol. The molecule has 1 aromatic heterocycles. The topological polar surface area (TPSA) is 68.3 Å². The van der Waals surface area contributed by atoms with E-state index in [4.69, 9.17) is 0 Å². The third-order valence-electron chi connectivity index (χ3n) is 3.04. The number of nitrogens with one attached hydrogen (secondary N) is 1. The molecule has 1 N–H and O–H groups in total. The molecule has 1 saturated heterocycles. The Hall–Kier alpha value is -1.91. The molecule has 1 aliphatic heterocycles. The molecule has 18 heavy (non-hydrogen) atoms. The highest BCUT2D eigenvalue weighted by atomic mass is 16.5. The zero-order chi connectivity index (χ0) is 13.0. The van der Waals surface area contributed by atoms with E-state index in [0.717, 1.165) is 19.3 Å². The molecule has 1 amide bonds. The van der Waals surface area contributed by atoms with Crippen molar-refractivity contribution in [2.45, 2.75) is 31.7 Å². The average molecular weight is 248 g/mol. The Morgan fingerprint density at radius 1 is 1.50 bits per heavy atom. The third-order valence-corrected chi connectivity index (χ3v) is 3.04. The largest absolute Gasteiger partial charge is 0.465 e. The Morgan fingerprint density at radius 3 is 3.11 bits per heavy atom. The number of hydrogen-bond acceptors (Lipinski definition) is 4. The normalized spacial score (nSPS) is 19.8. The molecule has 0 radical (unpaired) electrons. The van der Waals surface area contributed by atoms with E-state index in [9.17, 15) is 9.59 Å². The molecule has 0 aromatic carbocycles. The number of ether oxygens (including phenoxy) is 1. The van der Waals surface area contributed by atoms with Gasteiger partial charge in [0.15, 0.2) is 0 Å². The highest BCUT2D eigenvalue weighted by Crippen LogP contribution is 2.22. The number of carbonyl (C=O) groups is 2. The van der Waals surface area contributed by atoms with Gasteiger partial charge < -0.3 is 10.1 Å². The summed E-state index contributed by atoms with van der Waals surface area (Å²) >= 11 is 0. The van der Waals surface area contributed by atoms with E-state index < -0.39 is 5.97 Å². The molecule has 1 atom stereocenters. The fraction of sp³-hybridized carbons (Fsp3) is 0.462. The highest BCUT2D eigenvalue weighted by molar-refractivity contribution is 5.89. The van der Waals surface area contributed by atoms with Crippen LogP contribution in [0.4, 0.5) is 0 Å². The van der Waals surface area contributed by atoms with E-state index in [1.54, 1.807) is 18.3 Å². The van der Waals surface area contributed by atoms with Gasteiger partial charge in [-0.2, -0.15) is 0 Å². The number of hydrogen-bond donors (Lipinski definition) is 1. The van der Waals surface area contributed by atoms with Crippen molar-refractivity contribution in [2.75, 3.05) is 7.11 Å². The molecule has 0 aliphatic carbocycles. The van der Waals surface area contributed by atoms with E-state index in [0.29, 0.717) is 17.7 Å². The lowest BCUT2D eigenvalue weighted by Crippen LogP contribution is -2.26. The highest BCUT2D eigenvalue weighted by Gasteiger charge is 2.20. The van der Waals surface area contributed by atoms with Crippen molar-refractivity contribution >= 4 is 11.9 Å². The first-order valence-corrected chi connectivity index (χ1v) is 6.04. The smallest absolute Gasteiger partial charge is 0.337 e. The molecular formula is C13H16N2O3. The maximum Gasteiger partial charge on any atom is 0.337 e. The van der Waals surface area contributed by atoms with Gasteiger partial charge in [-0.05, 0) is 25.0 Å². The minimum atomic E-state index is -0.390. The lowest BCUT2D eigenvalue weighted by Gasteiger charge is -2.15. The van der Waals surface area contributed by atoms with Crippen molar-refractivity contribution in [1.29, 1.82) is 0 Å². The Bertz CT molecular complexity index is 459. The Morgan fingerprint density at radius 2 is 2.33 bits per heavy atom. The number of nitrogens with zero attached hydrogens (tertiary/aromatic N) is 1. The van der Waals surface area contributed by atoms with Gasteiger partial charge in [0.25, 0.3) is 0 Å². The third kappa shape index (κ3) is 2.85. The molecule has 0 unspecified atom stereocenters. The summed E-state index contributed by atoms with van der Waals surface area (Å²) in [5.74, 6) is -0.346. The fourth-order valence-corrected chi connectivity index (χ4v) is 2.08. The van der Waals surface area contributed by atoms with Crippen molar-refractivity contribution in [3.8, 4) is 0 Å². The van der Waals surface area contributed by atoms with Crippen LogP contribution in [0.5, 0.6) is 0 Å². The summed E-state index contributed by atoms with van der Waals surface area (Å²) in [6.45, 7) is 0. The second-order valence-electron chi connectivity index (χ2n) is 4.33. The summed E-state index contributed by atoms with van der Waals surface area (Å²) in [4.78, 5) is 27.2. The molecule has 0 saturated carbocycles. The monoisotopic (exact) mass is 248 g/mol. The number of esters is 1. The van der Waals surface area contributed by atoms with Crippen LogP contribution in [-0.4, -0.2) is 24.0 Å². The SMILES string of the molecule is COC(=O)c1ccnc([C@H]2CCCCC(=O)N2)c1. The number of pyridine rings is 1. The average Bonchev–Trinajstić information content (AvgIpc) is 2.62. The summed E-state index contributed by atoms with van der Waals surface area (Å²) in [7, 11) is 1.34. The summed E-state index contributed by atoms with van der Waals surface area (Å²) in [5.41, 5.74) is 1.18. The maximum atomic E-state index is 11.5. The minimum Gasteiger partial charge on any atom is -0.465 e. The number of rotatable bonds is 2. The Kier molecular flexibility index (Phi) is 3.92. The van der Waals surface area contributed by atoms with Crippen LogP contribution in [-0.2, 0) is 9.53 Å². The van der Waals surface area contributed by atoms with Crippen LogP contribution in [0, 0.1) is 0 Å². The lowest BCUT2D eigenvalue weighted by molar-refractivity contribution is -0.121. The number of carbonyl (C=O) groups excluding carboxylic acids is 2. The molecule has 1 fully saturated rings. The van der Waals surface area contributed by atoms with Gasteiger partial charge in [0.1, 0.15) is 0 Å². The molecule has 5 nitrogen and oxygen atoms in total. The van der Waals surface area contributed by atoms with Crippen molar-refractivity contribution in [3.05, 3.63) is 29.6 Å². The van der Waals surface area contributed by atoms with Crippen LogP contribution in [0.15, 0.2) is 18.3 Å². The zero-order valence-corrected chi connectivity index (χ0v) is 10.3. The zero-order valence-electron chi connectivity index (χ0n) is 10.3. The second-order valence-corrected chi connectivity index (χ2v) is 4.33. The molecule has 2 rings (SSSR count). The van der Waals surface area contributed by atoms with Crippen molar-refractivity contribution < 1.29 is 14.3 Å². The van der Waals surface area contributed by atoms with E-state index >= 15 is 0 Å². The van der Waals surface area contributed by atoms with Crippen molar-refractivity contribution in [1.82, 2.24) is 10.3 Å². The van der Waals surface area contributed by atoms with Crippen LogP contribution in [0.2, 0.25) is 0 Å². The minimum absolute atomic E-state index is 0.0442. The predicted octanol–water partition coefficient (Wildman–Crippen LogP) is 1.60. The lowest BCUT2D eigenvalue weighted by atomic mass is 10.1. The first-order chi connectivity index (χ1) is 8.70. The van der Waals surface area contributed by atoms with Crippen LogP contribution in [0.1, 0.15) is 47.8 Å². The molecule has 5 heteroatoms. The van der Waals surface area contributed by atoms with Gasteiger partial charge in [-0.15, -0.1) is 0 Å². The van der Waals surface area contributed by atoms with Crippen LogP contribution < -0.4 is 5.32 Å². The van der Waals surface area contributed by atoms with E-state index in [2.05, 4.69) is 15.0 Å². The van der Waals surface area contributed by atoms with Gasteiger partial charge in [-0.3, -0.25) is 9.78 Å². The molecule has 0 spiro atoms. The van der Waals surface area contributed by atoms with E-state index in [-0.39, 0.29) is 11.9 Å². The first-order valence-electron chi connectivity index (χ1n) is 6.04. The maximum absolute atomic E-state index is 11.5. The van der Waals surface area contributed by atoms with Crippen LogP contribution >= 0.6 is 0 Å². The van der Waals surface area contributed by atoms with Crippen LogP contribution in [0.3, 0.4) is 0 Å². The van der Waals surface area contributed by atoms with E-state index in [1.807, 2.05) is 0 Å². The van der Waals surface area contributed by atoms with Gasteiger partial charge in [0.05, 0.1) is 24.4 Å². The number of aromatic nitrogens is 1. The van der Waals surface area contributed by atoms with Gasteiger partial charge >= 0.3 is 5.97 Å². The Labute approximate surface area is 106 Å². The van der Waals surface area contributed by atoms with Gasteiger partial charge in [-0.1, -0.05) is 6.42 Å². The standard InChI is InChI=1S/C13H16N2O3/c1-18-13(17)9-6-7-14-11(8-9)10-4-2-3-5-12(16)15-10/h6-8,10H,2-5H2,1H3,(H,15,16)/t10-/m1/s1. The molecule has 0 bridgehead atoms. The fourth-order valence-electron chi connectivity index (χ4n) is 2.08. The first kappa shape index (κ1) is 12.5. The summed E-state index contributed by atoms with van der Waals surface area (Å²) in [6, 6.07) is 3.18. The quantitative estimate of drug-likeness (QED) is 0.807. The van der Waals surface area contributed by atoms with Gasteiger partial charge in [-0.25, -0.2) is 4.79 Å². The second kappa shape index (κ2) is 5.62. The molecule has 1 aliphatic rings. The number of amides is 1. The summed E-state index contributed by atoms with van der Waals surface area (Å²) < 4.78 is 4.67. The van der Waals surface area contributed by atoms with E-state index in [1.165, 1.54) is 7.11 Å². The van der Waals surface area contributed by atoms with Crippen molar-refractivity contribution in [2.24, 2.45) is 0 Å². The summed E-state index contributed by atoms with van der Waals surface area (Å²) in [5, 5.41) is 2.93. The van der Waals surface area contributed by atoms with Crippen LogP contribution in [0.25, 0.3) is 0 Å². The summed E-state index contributed by atoms with van der Waals surface area (Å²) in [6.07, 6.45) is 4.86. The predicted molar refractivity (Wildman–Crippen MR) is 64.9 cm³/mol. The van der Waals surface area contributed by atoms with Gasteiger partial charge in [0, 0.05) is 12.6 Å². The Balaban J connectivity index is 2.21. The number of methoxy groups -OCH3 is 1. The van der Waals surface area contributed by atoms with Crippen molar-refractivity contribution in [3.63, 3.8) is 0 Å². The molecule has 2 heterocycles. The molecule has 1 aromatic rings. The van der Waals surface area contributed by atoms with Gasteiger partial charge in [0.2, 0.25) is 5.91 Å².